The molecule has 0 fully saturated rings. The van der Waals surface area contributed by atoms with E-state index in [1.54, 1.807) is 0 Å². The fraction of sp³-hybridized carbons (Fsp3) is 0.250. The maximum atomic E-state index is 6.09. The quantitative estimate of drug-likeness (QED) is 0.428. The van der Waals surface area contributed by atoms with Crippen LogP contribution in [0.4, 0.5) is 11.4 Å². The average Bonchev–Trinajstić information content (AvgIpc) is 2.49. The van der Waals surface area contributed by atoms with Crippen LogP contribution in [0.1, 0.15) is 19.8 Å². The molecule has 0 radical (unpaired) electrons. The maximum Gasteiger partial charge on any atom is 0.199 e. The van der Waals surface area contributed by atoms with Crippen molar-refractivity contribution in [3.8, 4) is 0 Å². The molecular formula is C16H21NOSi. The molecule has 0 heterocycles. The third-order valence-corrected chi connectivity index (χ3v) is 4.18. The number of rotatable bonds is 7. The molecule has 0 spiro atoms. The molecule has 0 N–H and O–H groups in total. The monoisotopic (exact) mass is 271 g/mol. The van der Waals surface area contributed by atoms with Gasteiger partial charge in [0.1, 0.15) is 0 Å². The van der Waals surface area contributed by atoms with Crippen LogP contribution in [0.2, 0.25) is 6.04 Å². The second kappa shape index (κ2) is 7.76. The van der Waals surface area contributed by atoms with Crippen LogP contribution < -0.4 is 5.06 Å². The molecule has 0 aliphatic rings. The van der Waals surface area contributed by atoms with Crippen molar-refractivity contribution in [2.24, 2.45) is 0 Å². The Balaban J connectivity index is 2.10. The summed E-state index contributed by atoms with van der Waals surface area (Å²) in [5.41, 5.74) is 2.19. The van der Waals surface area contributed by atoms with Crippen LogP contribution in [-0.2, 0) is 4.53 Å². The van der Waals surface area contributed by atoms with Gasteiger partial charge >= 0.3 is 0 Å². The van der Waals surface area contributed by atoms with Gasteiger partial charge in [0, 0.05) is 0 Å². The first-order valence-electron chi connectivity index (χ1n) is 6.95. The van der Waals surface area contributed by atoms with Gasteiger partial charge < -0.3 is 4.53 Å². The van der Waals surface area contributed by atoms with Crippen LogP contribution in [0.5, 0.6) is 0 Å². The molecule has 2 nitrogen and oxygen atoms in total. The van der Waals surface area contributed by atoms with Crippen LogP contribution in [-0.4, -0.2) is 9.76 Å². The van der Waals surface area contributed by atoms with E-state index >= 15 is 0 Å². The molecule has 2 aromatic rings. The molecule has 0 unspecified atom stereocenters. The molecule has 100 valence electrons. The van der Waals surface area contributed by atoms with Crippen LogP contribution in [0, 0.1) is 0 Å². The van der Waals surface area contributed by atoms with E-state index in [0.29, 0.717) is 0 Å². The standard InChI is InChI=1S/C16H21NOSi/c1-2-3-14-19-18-17(15-10-6-4-7-11-15)16-12-8-5-9-13-16/h4-13H,2-3,14,19H2,1H3. The zero-order valence-electron chi connectivity index (χ0n) is 11.5. The maximum absolute atomic E-state index is 6.09. The molecule has 0 bridgehead atoms. The highest BCUT2D eigenvalue weighted by Crippen LogP contribution is 2.24. The van der Waals surface area contributed by atoms with E-state index in [0.717, 1.165) is 11.4 Å². The number of anilines is 2. The molecule has 0 saturated carbocycles. The van der Waals surface area contributed by atoms with Gasteiger partial charge in [-0.3, -0.25) is 0 Å². The van der Waals surface area contributed by atoms with Crippen LogP contribution in [0.25, 0.3) is 0 Å². The average molecular weight is 271 g/mol. The van der Waals surface area contributed by atoms with Gasteiger partial charge in [-0.2, -0.15) is 0 Å². The Bertz CT molecular complexity index is 421. The van der Waals surface area contributed by atoms with Crippen molar-refractivity contribution in [3.63, 3.8) is 0 Å². The Labute approximate surface area is 117 Å². The summed E-state index contributed by atoms with van der Waals surface area (Å²) in [4.78, 5) is 0. The molecule has 0 amide bonds. The lowest BCUT2D eigenvalue weighted by molar-refractivity contribution is 0.341. The zero-order valence-corrected chi connectivity index (χ0v) is 12.9. The largest absolute Gasteiger partial charge is 0.323 e. The number of hydrogen-bond donors (Lipinski definition) is 0. The molecule has 0 atom stereocenters. The minimum absolute atomic E-state index is 0.509. The Morgan fingerprint density at radius 1 is 0.895 bits per heavy atom. The molecule has 0 aromatic heterocycles. The predicted molar refractivity (Wildman–Crippen MR) is 84.4 cm³/mol. The highest BCUT2D eigenvalue weighted by molar-refractivity contribution is 6.27. The highest BCUT2D eigenvalue weighted by atomic mass is 28.2. The summed E-state index contributed by atoms with van der Waals surface area (Å²) >= 11 is 0. The fourth-order valence-corrected chi connectivity index (χ4v) is 3.25. The van der Waals surface area contributed by atoms with E-state index in [2.05, 4.69) is 31.2 Å². The number of nitrogens with zero attached hydrogens (tertiary/aromatic N) is 1. The van der Waals surface area contributed by atoms with Crippen LogP contribution in [0.3, 0.4) is 0 Å². The normalized spacial score (nSPS) is 11.0. The number of para-hydroxylation sites is 2. The van der Waals surface area contributed by atoms with Crippen molar-refractivity contribution in [1.82, 2.24) is 0 Å². The third kappa shape index (κ3) is 4.23. The first-order valence-corrected chi connectivity index (χ1v) is 8.52. The van der Waals surface area contributed by atoms with Gasteiger partial charge in [0.2, 0.25) is 0 Å². The van der Waals surface area contributed by atoms with Crippen molar-refractivity contribution < 1.29 is 4.53 Å². The van der Waals surface area contributed by atoms with E-state index in [9.17, 15) is 0 Å². The summed E-state index contributed by atoms with van der Waals surface area (Å²) < 4.78 is 6.09. The van der Waals surface area contributed by atoms with Crippen molar-refractivity contribution >= 4 is 21.1 Å². The molecule has 19 heavy (non-hydrogen) atoms. The fourth-order valence-electron chi connectivity index (χ4n) is 1.93. The molecule has 0 saturated heterocycles. The summed E-state index contributed by atoms with van der Waals surface area (Å²) in [6.07, 6.45) is 2.51. The minimum atomic E-state index is -0.509. The lowest BCUT2D eigenvalue weighted by atomic mass is 10.2. The molecule has 0 aliphatic heterocycles. The summed E-state index contributed by atoms with van der Waals surface area (Å²) in [5.74, 6) is 0. The van der Waals surface area contributed by atoms with Gasteiger partial charge in [-0.05, 0) is 30.3 Å². The lowest BCUT2D eigenvalue weighted by Gasteiger charge is -2.24. The number of benzene rings is 2. The number of hydrogen-bond acceptors (Lipinski definition) is 2. The van der Waals surface area contributed by atoms with Crippen LogP contribution in [0.15, 0.2) is 60.7 Å². The van der Waals surface area contributed by atoms with E-state index in [4.69, 9.17) is 4.53 Å². The first kappa shape index (κ1) is 13.8. The Morgan fingerprint density at radius 2 is 1.42 bits per heavy atom. The summed E-state index contributed by atoms with van der Waals surface area (Å²) in [7, 11) is -0.509. The van der Waals surface area contributed by atoms with Crippen molar-refractivity contribution in [1.29, 1.82) is 0 Å². The SMILES string of the molecule is CCCC[SiH2]ON(c1ccccc1)c1ccccc1. The van der Waals surface area contributed by atoms with E-state index in [1.807, 2.05) is 41.5 Å². The summed E-state index contributed by atoms with van der Waals surface area (Å²) in [6, 6.07) is 21.8. The second-order valence-electron chi connectivity index (χ2n) is 4.51. The molecule has 2 aromatic carbocycles. The number of unbranched alkanes of at least 4 members (excludes halogenated alkanes) is 1. The van der Waals surface area contributed by atoms with Gasteiger partial charge in [-0.1, -0.05) is 56.2 Å². The second-order valence-corrected chi connectivity index (χ2v) is 5.88. The Hall–Kier alpha value is -1.58. The van der Waals surface area contributed by atoms with Crippen molar-refractivity contribution in [2.75, 3.05) is 5.06 Å². The highest BCUT2D eigenvalue weighted by Gasteiger charge is 2.08. The molecule has 0 aliphatic carbocycles. The van der Waals surface area contributed by atoms with E-state index in [1.165, 1.54) is 18.9 Å². The Kier molecular flexibility index (Phi) is 5.66. The predicted octanol–water partition coefficient (Wildman–Crippen LogP) is 4.06. The third-order valence-electron chi connectivity index (χ3n) is 2.95. The molecule has 2 rings (SSSR count). The van der Waals surface area contributed by atoms with Gasteiger partial charge in [-0.15, -0.1) is 0 Å². The summed E-state index contributed by atoms with van der Waals surface area (Å²) in [6.45, 7) is 2.22. The topological polar surface area (TPSA) is 12.5 Å². The molecule has 3 heteroatoms. The summed E-state index contributed by atoms with van der Waals surface area (Å²) in [5, 5.41) is 1.97. The van der Waals surface area contributed by atoms with Gasteiger partial charge in [0.25, 0.3) is 0 Å². The van der Waals surface area contributed by atoms with Crippen LogP contribution >= 0.6 is 0 Å². The van der Waals surface area contributed by atoms with Crippen molar-refractivity contribution in [2.45, 2.75) is 25.8 Å². The lowest BCUT2D eigenvalue weighted by Crippen LogP contribution is -2.20. The van der Waals surface area contributed by atoms with Gasteiger partial charge in [0.15, 0.2) is 9.76 Å². The van der Waals surface area contributed by atoms with Crippen molar-refractivity contribution in [3.05, 3.63) is 60.7 Å². The zero-order chi connectivity index (χ0) is 13.3. The van der Waals surface area contributed by atoms with Gasteiger partial charge in [-0.25, -0.2) is 5.06 Å². The minimum Gasteiger partial charge on any atom is -0.323 e. The smallest absolute Gasteiger partial charge is 0.199 e. The molecular weight excluding hydrogens is 250 g/mol. The van der Waals surface area contributed by atoms with Gasteiger partial charge in [0.05, 0.1) is 11.4 Å². The first-order chi connectivity index (χ1) is 9.42. The Morgan fingerprint density at radius 3 is 1.89 bits per heavy atom. The van der Waals surface area contributed by atoms with E-state index < -0.39 is 9.76 Å². The van der Waals surface area contributed by atoms with E-state index in [-0.39, 0.29) is 0 Å².